The second-order valence-corrected chi connectivity index (χ2v) is 11.2. The van der Waals surface area contributed by atoms with Crippen LogP contribution in [0.1, 0.15) is 19.8 Å². The molecule has 1 N–H and O–H groups in total. The monoisotopic (exact) mass is 496 g/mol. The number of aromatic nitrogens is 2. The molecule has 0 amide bonds. The van der Waals surface area contributed by atoms with Crippen LogP contribution in [0.25, 0.3) is 21.1 Å². The Bertz CT molecular complexity index is 1480. The third-order valence-corrected chi connectivity index (χ3v) is 9.07. The van der Waals surface area contributed by atoms with E-state index < -0.39 is 15.9 Å². The molecule has 34 heavy (non-hydrogen) atoms. The predicted molar refractivity (Wildman–Crippen MR) is 133 cm³/mol. The number of nitrogens with one attached hydrogen (secondary N) is 1. The molecule has 3 heterocycles. The lowest BCUT2D eigenvalue weighted by Crippen LogP contribution is -2.47. The summed E-state index contributed by atoms with van der Waals surface area (Å²) in [5, 5.41) is 4.07. The number of sulfonamides is 1. The smallest absolute Gasteiger partial charge is 0.309 e. The van der Waals surface area contributed by atoms with Crippen LogP contribution in [0.5, 0.6) is 0 Å². The third-order valence-electron chi connectivity index (χ3n) is 6.29. The molecule has 2 atom stereocenters. The number of nitrogens with zero attached hydrogens (tertiary/aromatic N) is 3. The van der Waals surface area contributed by atoms with Gasteiger partial charge in [-0.15, -0.1) is 11.3 Å². The molecule has 5 rings (SSSR count). The number of hydrogen-bond donors (Lipinski definition) is 1. The zero-order valence-corrected chi connectivity index (χ0v) is 20.4. The van der Waals surface area contributed by atoms with Crippen LogP contribution in [0.15, 0.2) is 59.1 Å². The number of carbonyl (C=O) groups excluding carboxylic acids is 1. The van der Waals surface area contributed by atoms with Crippen LogP contribution in [-0.2, 0) is 19.6 Å². The second kappa shape index (κ2) is 8.94. The summed E-state index contributed by atoms with van der Waals surface area (Å²) in [6, 6.07) is 12.5. The molecule has 1 fully saturated rings. The highest BCUT2D eigenvalue weighted by atomic mass is 32.2. The predicted octanol–water partition coefficient (Wildman–Crippen LogP) is 4.55. The van der Waals surface area contributed by atoms with Gasteiger partial charge in [-0.05, 0) is 62.2 Å². The van der Waals surface area contributed by atoms with Crippen LogP contribution in [-0.4, -0.2) is 48.4 Å². The van der Waals surface area contributed by atoms with E-state index in [9.17, 15) is 13.2 Å². The number of pyridine rings is 1. The van der Waals surface area contributed by atoms with Crippen molar-refractivity contribution >= 4 is 59.8 Å². The van der Waals surface area contributed by atoms with Crippen molar-refractivity contribution in [1.82, 2.24) is 14.3 Å². The van der Waals surface area contributed by atoms with Gasteiger partial charge in [0.1, 0.15) is 0 Å². The van der Waals surface area contributed by atoms with Crippen molar-refractivity contribution in [3.63, 3.8) is 0 Å². The van der Waals surface area contributed by atoms with E-state index >= 15 is 0 Å². The van der Waals surface area contributed by atoms with Gasteiger partial charge in [-0.1, -0.05) is 0 Å². The van der Waals surface area contributed by atoms with Gasteiger partial charge in [0.25, 0.3) is 0 Å². The summed E-state index contributed by atoms with van der Waals surface area (Å²) in [5.74, 6) is -0.839. The molecule has 0 radical (unpaired) electrons. The maximum atomic E-state index is 13.6. The van der Waals surface area contributed by atoms with Gasteiger partial charge >= 0.3 is 5.97 Å². The highest BCUT2D eigenvalue weighted by Gasteiger charge is 2.38. The summed E-state index contributed by atoms with van der Waals surface area (Å²) in [6.45, 7) is 1.98. The molecular formula is C24H24N4O4S2. The van der Waals surface area contributed by atoms with Crippen LogP contribution in [0.3, 0.4) is 0 Å². The summed E-state index contributed by atoms with van der Waals surface area (Å²) in [7, 11) is -2.50. The Morgan fingerprint density at radius 2 is 1.97 bits per heavy atom. The molecule has 2 aromatic heterocycles. The zero-order chi connectivity index (χ0) is 23.9. The van der Waals surface area contributed by atoms with Crippen molar-refractivity contribution in [2.75, 3.05) is 19.0 Å². The Morgan fingerprint density at radius 1 is 1.12 bits per heavy atom. The van der Waals surface area contributed by atoms with E-state index in [2.05, 4.69) is 15.3 Å². The first-order valence-corrected chi connectivity index (χ1v) is 13.3. The van der Waals surface area contributed by atoms with Crippen molar-refractivity contribution in [2.24, 2.45) is 5.92 Å². The molecule has 2 aromatic carbocycles. The van der Waals surface area contributed by atoms with Gasteiger partial charge in [-0.25, -0.2) is 13.4 Å². The standard InChI is InChI=1S/C24H24N4O4S2/c1-15-3-4-16(24(29)32-2)13-28(15)34(30,31)18-6-7-20-19(12-18)21(9-10-25-20)27-17-5-8-23-22(11-17)26-14-33-23/h5-12,14-16H,3-4,13H2,1-2H3,(H,25,27). The lowest BCUT2D eigenvalue weighted by molar-refractivity contribution is -0.147. The fraction of sp³-hybridized carbons (Fsp3) is 0.292. The normalized spacial score (nSPS) is 19.4. The second-order valence-electron chi connectivity index (χ2n) is 8.42. The summed E-state index contributed by atoms with van der Waals surface area (Å²) in [5.41, 5.74) is 4.98. The van der Waals surface area contributed by atoms with Crippen molar-refractivity contribution in [3.8, 4) is 0 Å². The number of methoxy groups -OCH3 is 1. The SMILES string of the molecule is COC(=O)C1CCC(C)N(S(=O)(=O)c2ccc3nccc(Nc4ccc5scnc5c4)c3c2)C1. The molecule has 4 aromatic rings. The molecule has 1 aliphatic rings. The highest BCUT2D eigenvalue weighted by Crippen LogP contribution is 2.33. The van der Waals surface area contributed by atoms with Gasteiger partial charge in [0, 0.05) is 35.5 Å². The summed E-state index contributed by atoms with van der Waals surface area (Å²) in [4.78, 5) is 21.0. The van der Waals surface area contributed by atoms with E-state index in [0.717, 1.165) is 21.6 Å². The van der Waals surface area contributed by atoms with Crippen molar-refractivity contribution in [3.05, 3.63) is 54.2 Å². The number of fused-ring (bicyclic) bond motifs is 2. The Morgan fingerprint density at radius 3 is 2.79 bits per heavy atom. The lowest BCUT2D eigenvalue weighted by Gasteiger charge is -2.35. The number of carbonyl (C=O) groups is 1. The van der Waals surface area contributed by atoms with E-state index in [1.54, 1.807) is 41.2 Å². The molecule has 8 nitrogen and oxygen atoms in total. The molecule has 0 bridgehead atoms. The molecule has 0 saturated carbocycles. The molecule has 2 unspecified atom stereocenters. The summed E-state index contributed by atoms with van der Waals surface area (Å²) >= 11 is 1.58. The van der Waals surface area contributed by atoms with Gasteiger partial charge in [0.05, 0.1) is 39.2 Å². The first-order chi connectivity index (χ1) is 16.4. The first kappa shape index (κ1) is 22.7. The van der Waals surface area contributed by atoms with Gasteiger partial charge in [0.2, 0.25) is 10.0 Å². The topological polar surface area (TPSA) is 101 Å². The average molecular weight is 497 g/mol. The number of rotatable bonds is 5. The van der Waals surface area contributed by atoms with Gasteiger partial charge in [-0.3, -0.25) is 9.78 Å². The number of anilines is 2. The highest BCUT2D eigenvalue weighted by molar-refractivity contribution is 7.89. The minimum absolute atomic E-state index is 0.111. The van der Waals surface area contributed by atoms with Gasteiger partial charge in [-0.2, -0.15) is 4.31 Å². The van der Waals surface area contributed by atoms with Crippen molar-refractivity contribution in [1.29, 1.82) is 0 Å². The molecule has 176 valence electrons. The van der Waals surface area contributed by atoms with Gasteiger partial charge in [0.15, 0.2) is 0 Å². The summed E-state index contributed by atoms with van der Waals surface area (Å²) in [6.07, 6.45) is 2.90. The minimum atomic E-state index is -3.83. The quantitative estimate of drug-likeness (QED) is 0.405. The summed E-state index contributed by atoms with van der Waals surface area (Å²) < 4.78 is 34.6. The molecule has 1 saturated heterocycles. The average Bonchev–Trinajstić information content (AvgIpc) is 3.31. The van der Waals surface area contributed by atoms with Crippen LogP contribution in [0.2, 0.25) is 0 Å². The fourth-order valence-corrected chi connectivity index (χ4v) is 6.78. The first-order valence-electron chi connectivity index (χ1n) is 11.0. The number of piperidine rings is 1. The number of ether oxygens (including phenoxy) is 1. The largest absolute Gasteiger partial charge is 0.469 e. The van der Waals surface area contributed by atoms with Crippen LogP contribution >= 0.6 is 11.3 Å². The molecular weight excluding hydrogens is 472 g/mol. The van der Waals surface area contributed by atoms with E-state index in [4.69, 9.17) is 4.74 Å². The van der Waals surface area contributed by atoms with Crippen molar-refractivity contribution in [2.45, 2.75) is 30.7 Å². The van der Waals surface area contributed by atoms with Crippen LogP contribution in [0, 0.1) is 5.92 Å². The lowest BCUT2D eigenvalue weighted by atomic mass is 9.96. The van der Waals surface area contributed by atoms with Crippen molar-refractivity contribution < 1.29 is 17.9 Å². The van der Waals surface area contributed by atoms with Crippen LogP contribution in [0.4, 0.5) is 11.4 Å². The molecule has 0 spiro atoms. The molecule has 1 aliphatic heterocycles. The molecule has 10 heteroatoms. The number of benzene rings is 2. The van der Waals surface area contributed by atoms with E-state index in [1.165, 1.54) is 11.4 Å². The van der Waals surface area contributed by atoms with E-state index in [-0.39, 0.29) is 23.5 Å². The third kappa shape index (κ3) is 4.13. The fourth-order valence-electron chi connectivity index (χ4n) is 4.39. The molecule has 0 aliphatic carbocycles. The Kier molecular flexibility index (Phi) is 5.97. The zero-order valence-electron chi connectivity index (χ0n) is 18.8. The van der Waals surface area contributed by atoms with E-state index in [0.29, 0.717) is 23.7 Å². The minimum Gasteiger partial charge on any atom is -0.469 e. The Balaban J connectivity index is 1.51. The number of esters is 1. The Hall–Kier alpha value is -3.08. The maximum Gasteiger partial charge on any atom is 0.309 e. The van der Waals surface area contributed by atoms with E-state index in [1.807, 2.05) is 31.2 Å². The van der Waals surface area contributed by atoms with Crippen LogP contribution < -0.4 is 5.32 Å². The maximum absolute atomic E-state index is 13.6. The van der Waals surface area contributed by atoms with Gasteiger partial charge < -0.3 is 10.1 Å². The Labute approximate surface area is 201 Å². The number of hydrogen-bond acceptors (Lipinski definition) is 8. The number of thiazole rings is 1.